The van der Waals surface area contributed by atoms with Crippen LogP contribution < -0.4 is 4.72 Å². The van der Waals surface area contributed by atoms with Gasteiger partial charge in [0.15, 0.2) is 8.32 Å². The summed E-state index contributed by atoms with van der Waals surface area (Å²) in [6.45, 7) is 18.5. The van der Waals surface area contributed by atoms with Crippen LogP contribution in [0.25, 0.3) is 0 Å². The molecule has 0 aliphatic heterocycles. The second kappa shape index (κ2) is 10.6. The number of benzene rings is 1. The Balaban J connectivity index is 3.13. The number of nitrogens with one attached hydrogen (secondary N) is 1. The Labute approximate surface area is 185 Å². The van der Waals surface area contributed by atoms with Gasteiger partial charge in [0.25, 0.3) is 0 Å². The summed E-state index contributed by atoms with van der Waals surface area (Å²) in [7, 11) is -2.08. The van der Waals surface area contributed by atoms with Crippen LogP contribution in [0.3, 0.4) is 0 Å². The van der Waals surface area contributed by atoms with Gasteiger partial charge in [-0.3, -0.25) is 4.79 Å². The third-order valence-corrected chi connectivity index (χ3v) is 11.4. The second-order valence-electron chi connectivity index (χ2n) is 9.96. The van der Waals surface area contributed by atoms with Gasteiger partial charge in [-0.1, -0.05) is 32.9 Å². The van der Waals surface area contributed by atoms with Crippen LogP contribution in [0.15, 0.2) is 18.2 Å². The van der Waals surface area contributed by atoms with Crippen molar-refractivity contribution in [3.8, 4) is 0 Å². The van der Waals surface area contributed by atoms with E-state index in [0.29, 0.717) is 11.1 Å². The maximum absolute atomic E-state index is 15.0. The topological polar surface area (TPSA) is 70.6 Å². The number of hydrogen-bond acceptors (Lipinski definition) is 5. The van der Waals surface area contributed by atoms with Crippen molar-refractivity contribution < 1.29 is 22.9 Å². The van der Waals surface area contributed by atoms with E-state index >= 15 is 4.39 Å². The van der Waals surface area contributed by atoms with Gasteiger partial charge in [-0.2, -0.15) is 0 Å². The largest absolute Gasteiger partial charge is 0.598 e. The highest BCUT2D eigenvalue weighted by Crippen LogP contribution is 2.37. The molecule has 172 valence electrons. The summed E-state index contributed by atoms with van der Waals surface area (Å²) in [4.78, 5) is 11.7. The van der Waals surface area contributed by atoms with Gasteiger partial charge < -0.3 is 13.7 Å². The average molecular weight is 460 g/mol. The lowest BCUT2D eigenvalue weighted by Gasteiger charge is -2.37. The molecule has 0 aliphatic rings. The first kappa shape index (κ1) is 27.1. The molecule has 0 heterocycles. The van der Waals surface area contributed by atoms with E-state index in [0.717, 1.165) is 0 Å². The zero-order valence-corrected chi connectivity index (χ0v) is 21.7. The molecule has 5 nitrogen and oxygen atoms in total. The number of hydrogen-bond donors (Lipinski definition) is 1. The van der Waals surface area contributed by atoms with Crippen molar-refractivity contribution in [2.45, 2.75) is 83.8 Å². The Kier molecular flexibility index (Phi) is 9.57. The standard InChI is InChI=1S/C22H38FNO4SSi/c1-10-27-20(25)14-16-11-12-17(18(23)13-16)19(24-29(26)21(2,3)4)15-28-30(8,9)22(5,6)7/h11-13,19,24H,10,14-15H2,1-9H3/t19?,29-/m0/s1. The molecule has 1 aromatic rings. The Morgan fingerprint density at radius 1 is 1.23 bits per heavy atom. The summed E-state index contributed by atoms with van der Waals surface area (Å²) in [6.07, 6.45) is 0.0114. The maximum Gasteiger partial charge on any atom is 0.310 e. The number of ether oxygens (including phenoxy) is 1. The van der Waals surface area contributed by atoms with E-state index in [4.69, 9.17) is 9.16 Å². The predicted octanol–water partition coefficient (Wildman–Crippen LogP) is 5.05. The fourth-order valence-corrected chi connectivity index (χ4v) is 4.17. The lowest BCUT2D eigenvalue weighted by Crippen LogP contribution is -2.46. The summed E-state index contributed by atoms with van der Waals surface area (Å²) in [5.41, 5.74) is 0.912. The monoisotopic (exact) mass is 459 g/mol. The smallest absolute Gasteiger partial charge is 0.310 e. The van der Waals surface area contributed by atoms with E-state index < -0.39 is 42.3 Å². The van der Waals surface area contributed by atoms with Gasteiger partial charge in [0.1, 0.15) is 16.6 Å². The first-order valence-electron chi connectivity index (χ1n) is 10.3. The van der Waals surface area contributed by atoms with Crippen LogP contribution in [-0.4, -0.2) is 36.8 Å². The van der Waals surface area contributed by atoms with Gasteiger partial charge in [0.2, 0.25) is 0 Å². The van der Waals surface area contributed by atoms with E-state index in [1.807, 2.05) is 20.8 Å². The SMILES string of the molecule is CCOC(=O)Cc1ccc(C(CO[Si](C)(C)C(C)(C)C)N[S@@+]([O-])C(C)(C)C)c(F)c1. The van der Waals surface area contributed by atoms with Crippen LogP contribution in [0.5, 0.6) is 0 Å². The lowest BCUT2D eigenvalue weighted by molar-refractivity contribution is -0.142. The number of carbonyl (C=O) groups is 1. The van der Waals surface area contributed by atoms with Gasteiger partial charge in [0.05, 0.1) is 19.6 Å². The molecule has 8 heteroatoms. The highest BCUT2D eigenvalue weighted by molar-refractivity contribution is 7.90. The number of esters is 1. The Hall–Kier alpha value is -0.933. The molecule has 0 saturated heterocycles. The molecule has 30 heavy (non-hydrogen) atoms. The van der Waals surface area contributed by atoms with Crippen LogP contribution >= 0.6 is 0 Å². The summed E-state index contributed by atoms with van der Waals surface area (Å²) >= 11 is -1.40. The van der Waals surface area contributed by atoms with Gasteiger partial charge in [-0.05, 0) is 57.5 Å². The third-order valence-electron chi connectivity index (χ3n) is 5.32. The highest BCUT2D eigenvalue weighted by Gasteiger charge is 2.39. The minimum Gasteiger partial charge on any atom is -0.598 e. The van der Waals surface area contributed by atoms with Crippen molar-refractivity contribution in [3.05, 3.63) is 35.1 Å². The van der Waals surface area contributed by atoms with E-state index in [-0.39, 0.29) is 24.7 Å². The molecule has 0 amide bonds. The van der Waals surface area contributed by atoms with Crippen LogP contribution in [0.4, 0.5) is 4.39 Å². The molecule has 1 N–H and O–H groups in total. The summed E-state index contributed by atoms with van der Waals surface area (Å²) in [5.74, 6) is -0.853. The minimum atomic E-state index is -2.08. The molecule has 0 aromatic heterocycles. The number of halogens is 1. The highest BCUT2D eigenvalue weighted by atomic mass is 32.2. The van der Waals surface area contributed by atoms with E-state index in [2.05, 4.69) is 38.6 Å². The van der Waals surface area contributed by atoms with Crippen molar-refractivity contribution in [3.63, 3.8) is 0 Å². The molecule has 1 aromatic carbocycles. The van der Waals surface area contributed by atoms with E-state index in [1.165, 1.54) is 6.07 Å². The fourth-order valence-electron chi connectivity index (χ4n) is 2.34. The first-order valence-corrected chi connectivity index (χ1v) is 14.4. The van der Waals surface area contributed by atoms with E-state index in [1.54, 1.807) is 19.1 Å². The first-order chi connectivity index (χ1) is 13.6. The molecule has 0 fully saturated rings. The zero-order valence-electron chi connectivity index (χ0n) is 19.8. The molecule has 0 bridgehead atoms. The van der Waals surface area contributed by atoms with Gasteiger partial charge in [-0.15, -0.1) is 4.72 Å². The van der Waals surface area contributed by atoms with Gasteiger partial charge >= 0.3 is 5.97 Å². The number of carbonyl (C=O) groups excluding carboxylic acids is 1. The zero-order chi connectivity index (χ0) is 23.3. The van der Waals surface area contributed by atoms with Gasteiger partial charge in [0, 0.05) is 16.9 Å². The van der Waals surface area contributed by atoms with Crippen LogP contribution in [0.2, 0.25) is 18.1 Å². The Morgan fingerprint density at radius 2 is 1.83 bits per heavy atom. The molecule has 0 radical (unpaired) electrons. The van der Waals surface area contributed by atoms with E-state index in [9.17, 15) is 9.35 Å². The molecule has 0 saturated carbocycles. The van der Waals surface area contributed by atoms with Crippen LogP contribution in [0.1, 0.15) is 65.6 Å². The molecular formula is C22H38FNO4SSi. The van der Waals surface area contributed by atoms with Crippen LogP contribution in [-0.2, 0) is 31.7 Å². The van der Waals surface area contributed by atoms with Gasteiger partial charge in [-0.25, -0.2) is 4.39 Å². The second-order valence-corrected chi connectivity index (χ2v) is 16.8. The molecule has 1 unspecified atom stereocenters. The Bertz CT molecular complexity index is 716. The fraction of sp³-hybridized carbons (Fsp3) is 0.682. The molecular weight excluding hydrogens is 421 g/mol. The van der Waals surface area contributed by atoms with Crippen molar-refractivity contribution in [1.29, 1.82) is 0 Å². The molecule has 1 rings (SSSR count). The quantitative estimate of drug-likeness (QED) is 0.318. The molecule has 0 aliphatic carbocycles. The van der Waals surface area contributed by atoms with Crippen molar-refractivity contribution in [1.82, 2.24) is 4.72 Å². The predicted molar refractivity (Wildman–Crippen MR) is 124 cm³/mol. The lowest BCUT2D eigenvalue weighted by atomic mass is 10.0. The maximum atomic E-state index is 15.0. The average Bonchev–Trinajstić information content (AvgIpc) is 2.57. The molecule has 2 atom stereocenters. The minimum absolute atomic E-state index is 0.00275. The summed E-state index contributed by atoms with van der Waals surface area (Å²) in [6, 6.07) is 4.11. The summed E-state index contributed by atoms with van der Waals surface area (Å²) in [5, 5.41) is 0.00275. The third kappa shape index (κ3) is 7.96. The Morgan fingerprint density at radius 3 is 2.30 bits per heavy atom. The normalized spacial score (nSPS) is 15.0. The van der Waals surface area contributed by atoms with Crippen molar-refractivity contribution in [2.24, 2.45) is 0 Å². The number of rotatable bonds is 9. The molecule has 0 spiro atoms. The van der Waals surface area contributed by atoms with Crippen LogP contribution in [0, 0.1) is 5.82 Å². The van der Waals surface area contributed by atoms with Crippen molar-refractivity contribution >= 4 is 25.6 Å². The summed E-state index contributed by atoms with van der Waals surface area (Å²) < 4.78 is 41.5. The van der Waals surface area contributed by atoms with Crippen molar-refractivity contribution in [2.75, 3.05) is 13.2 Å².